The van der Waals surface area contributed by atoms with Crippen LogP contribution < -0.4 is 10.2 Å². The normalized spacial score (nSPS) is 23.2. The van der Waals surface area contributed by atoms with Gasteiger partial charge in [0.15, 0.2) is 0 Å². The summed E-state index contributed by atoms with van der Waals surface area (Å²) in [5.41, 5.74) is 4.10. The van der Waals surface area contributed by atoms with E-state index in [4.69, 9.17) is 5.11 Å². The molecule has 0 radical (unpaired) electrons. The summed E-state index contributed by atoms with van der Waals surface area (Å²) in [6, 6.07) is 4.82. The summed E-state index contributed by atoms with van der Waals surface area (Å²) in [6.07, 6.45) is -1.02. The van der Waals surface area contributed by atoms with E-state index < -0.39 is 6.09 Å². The average Bonchev–Trinajstić information content (AvgIpc) is 2.34. The number of likely N-dealkylation sites (N-methyl/N-ethyl adjacent to an activating group) is 1. The van der Waals surface area contributed by atoms with Crippen molar-refractivity contribution in [1.29, 1.82) is 0 Å². The fraction of sp³-hybridized carbons (Fsp3) is 0.562. The first kappa shape index (κ1) is 15.6. The van der Waals surface area contributed by atoms with Crippen molar-refractivity contribution in [1.82, 2.24) is 4.90 Å². The van der Waals surface area contributed by atoms with Crippen LogP contribution in [0.1, 0.15) is 25.0 Å². The first-order valence-corrected chi connectivity index (χ1v) is 7.37. The predicted molar refractivity (Wildman–Crippen MR) is 86.5 cm³/mol. The van der Waals surface area contributed by atoms with Crippen molar-refractivity contribution >= 4 is 17.5 Å². The van der Waals surface area contributed by atoms with Crippen LogP contribution in [0.4, 0.5) is 16.2 Å². The Labute approximate surface area is 126 Å². The quantitative estimate of drug-likeness (QED) is 0.879. The Kier molecular flexibility index (Phi) is 4.42. The highest BCUT2D eigenvalue weighted by atomic mass is 16.4. The third kappa shape index (κ3) is 3.29. The SMILES string of the molecule is Cc1cc(NC(=O)O)cc(C)c1N1CC(C)N(C)C(C)C1. The summed E-state index contributed by atoms with van der Waals surface area (Å²) < 4.78 is 0. The van der Waals surface area contributed by atoms with Crippen molar-refractivity contribution in [2.24, 2.45) is 0 Å². The molecule has 1 aromatic carbocycles. The lowest BCUT2D eigenvalue weighted by Crippen LogP contribution is -2.55. The van der Waals surface area contributed by atoms with Crippen molar-refractivity contribution in [3.05, 3.63) is 23.3 Å². The summed E-state index contributed by atoms with van der Waals surface area (Å²) in [6.45, 7) is 10.6. The van der Waals surface area contributed by atoms with Gasteiger partial charge in [-0.3, -0.25) is 10.2 Å². The van der Waals surface area contributed by atoms with Gasteiger partial charge in [-0.05, 0) is 58.0 Å². The van der Waals surface area contributed by atoms with Crippen LogP contribution in [0.5, 0.6) is 0 Å². The van der Waals surface area contributed by atoms with Crippen LogP contribution in [0.3, 0.4) is 0 Å². The maximum Gasteiger partial charge on any atom is 0.409 e. The summed E-state index contributed by atoms with van der Waals surface area (Å²) in [5.74, 6) is 0. The molecule has 0 aliphatic carbocycles. The van der Waals surface area contributed by atoms with Crippen molar-refractivity contribution < 1.29 is 9.90 Å². The predicted octanol–water partition coefficient (Wildman–Crippen LogP) is 2.92. The van der Waals surface area contributed by atoms with Gasteiger partial charge < -0.3 is 10.0 Å². The Morgan fingerprint density at radius 1 is 1.19 bits per heavy atom. The molecule has 0 bridgehead atoms. The van der Waals surface area contributed by atoms with Crippen molar-refractivity contribution in [2.45, 2.75) is 39.8 Å². The van der Waals surface area contributed by atoms with Gasteiger partial charge in [-0.25, -0.2) is 4.79 Å². The Morgan fingerprint density at radius 2 is 1.67 bits per heavy atom. The Bertz CT molecular complexity index is 509. The van der Waals surface area contributed by atoms with E-state index in [1.807, 2.05) is 26.0 Å². The van der Waals surface area contributed by atoms with Crippen LogP contribution in [0.2, 0.25) is 0 Å². The zero-order valence-electron chi connectivity index (χ0n) is 13.5. The van der Waals surface area contributed by atoms with Crippen LogP contribution in [-0.2, 0) is 0 Å². The smallest absolute Gasteiger partial charge is 0.409 e. The molecular formula is C16H25N3O2. The summed E-state index contributed by atoms with van der Waals surface area (Å²) >= 11 is 0. The lowest BCUT2D eigenvalue weighted by Gasteiger charge is -2.44. The molecule has 5 nitrogen and oxygen atoms in total. The van der Waals surface area contributed by atoms with Gasteiger partial charge in [0.2, 0.25) is 0 Å². The first-order chi connectivity index (χ1) is 9.79. The molecule has 1 aromatic rings. The lowest BCUT2D eigenvalue weighted by molar-refractivity contribution is 0.170. The molecule has 116 valence electrons. The first-order valence-electron chi connectivity index (χ1n) is 7.37. The molecule has 0 aromatic heterocycles. The third-order valence-electron chi connectivity index (χ3n) is 4.42. The molecule has 5 heteroatoms. The fourth-order valence-corrected chi connectivity index (χ4v) is 3.24. The van der Waals surface area contributed by atoms with E-state index in [0.717, 1.165) is 24.2 Å². The third-order valence-corrected chi connectivity index (χ3v) is 4.42. The largest absolute Gasteiger partial charge is 0.465 e. The van der Waals surface area contributed by atoms with Gasteiger partial charge in [0.1, 0.15) is 0 Å². The Morgan fingerprint density at radius 3 is 2.10 bits per heavy atom. The number of rotatable bonds is 2. The Hall–Kier alpha value is -1.75. The molecule has 1 fully saturated rings. The average molecular weight is 291 g/mol. The number of nitrogens with zero attached hydrogens (tertiary/aromatic N) is 2. The number of piperazine rings is 1. The van der Waals surface area contributed by atoms with E-state index in [-0.39, 0.29) is 0 Å². The number of benzene rings is 1. The zero-order chi connectivity index (χ0) is 15.7. The molecule has 1 saturated heterocycles. The van der Waals surface area contributed by atoms with Gasteiger partial charge in [0.25, 0.3) is 0 Å². The van der Waals surface area contributed by atoms with Gasteiger partial charge in [0.05, 0.1) is 0 Å². The standard InChI is InChI=1S/C16H25N3O2/c1-10-6-14(17-16(20)21)7-11(2)15(10)19-8-12(3)18(5)13(4)9-19/h6-7,12-13,17H,8-9H2,1-5H3,(H,20,21). The number of hydrogen-bond donors (Lipinski definition) is 2. The van der Waals surface area contributed by atoms with E-state index in [2.05, 4.69) is 36.0 Å². The van der Waals surface area contributed by atoms with E-state index in [9.17, 15) is 4.79 Å². The molecule has 0 spiro atoms. The number of amides is 1. The van der Waals surface area contributed by atoms with Gasteiger partial charge in [-0.2, -0.15) is 0 Å². The maximum absolute atomic E-state index is 10.8. The number of anilines is 2. The number of carboxylic acid groups (broad SMARTS) is 1. The van der Waals surface area contributed by atoms with Crippen LogP contribution in [0.25, 0.3) is 0 Å². The van der Waals surface area contributed by atoms with Crippen molar-refractivity contribution in [2.75, 3.05) is 30.4 Å². The Balaban J connectivity index is 2.30. The lowest BCUT2D eigenvalue weighted by atomic mass is 10.0. The molecule has 2 rings (SSSR count). The molecule has 0 saturated carbocycles. The minimum Gasteiger partial charge on any atom is -0.465 e. The van der Waals surface area contributed by atoms with E-state index >= 15 is 0 Å². The summed E-state index contributed by atoms with van der Waals surface area (Å²) in [4.78, 5) is 15.6. The molecule has 21 heavy (non-hydrogen) atoms. The second-order valence-corrected chi connectivity index (χ2v) is 6.16. The van der Waals surface area contributed by atoms with Gasteiger partial charge >= 0.3 is 6.09 Å². The monoisotopic (exact) mass is 291 g/mol. The minimum absolute atomic E-state index is 0.504. The van der Waals surface area contributed by atoms with Crippen LogP contribution in [-0.4, -0.2) is 48.3 Å². The molecule has 2 atom stereocenters. The molecule has 1 aliphatic rings. The molecule has 1 aliphatic heterocycles. The molecule has 1 heterocycles. The highest BCUT2D eigenvalue weighted by molar-refractivity contribution is 5.84. The molecular weight excluding hydrogens is 266 g/mol. The fourth-order valence-electron chi connectivity index (χ4n) is 3.24. The maximum atomic E-state index is 10.8. The number of hydrogen-bond acceptors (Lipinski definition) is 3. The van der Waals surface area contributed by atoms with Gasteiger partial charge in [-0.15, -0.1) is 0 Å². The second kappa shape index (κ2) is 5.93. The highest BCUT2D eigenvalue weighted by Crippen LogP contribution is 2.31. The number of nitrogens with one attached hydrogen (secondary N) is 1. The van der Waals surface area contributed by atoms with Crippen molar-refractivity contribution in [3.8, 4) is 0 Å². The zero-order valence-corrected chi connectivity index (χ0v) is 13.5. The summed E-state index contributed by atoms with van der Waals surface area (Å²) in [5, 5.41) is 11.3. The van der Waals surface area contributed by atoms with Crippen LogP contribution in [0, 0.1) is 13.8 Å². The topological polar surface area (TPSA) is 55.8 Å². The second-order valence-electron chi connectivity index (χ2n) is 6.16. The molecule has 2 unspecified atom stereocenters. The van der Waals surface area contributed by atoms with E-state index in [0.29, 0.717) is 17.8 Å². The van der Waals surface area contributed by atoms with Gasteiger partial charge in [0, 0.05) is 36.5 Å². The van der Waals surface area contributed by atoms with E-state index in [1.54, 1.807) is 0 Å². The van der Waals surface area contributed by atoms with Crippen molar-refractivity contribution in [3.63, 3.8) is 0 Å². The number of aryl methyl sites for hydroxylation is 2. The minimum atomic E-state index is -1.02. The highest BCUT2D eigenvalue weighted by Gasteiger charge is 2.28. The number of carbonyl (C=O) groups is 1. The molecule has 1 amide bonds. The molecule has 2 N–H and O–H groups in total. The summed E-state index contributed by atoms with van der Waals surface area (Å²) in [7, 11) is 2.17. The van der Waals surface area contributed by atoms with Crippen LogP contribution in [0.15, 0.2) is 12.1 Å². The van der Waals surface area contributed by atoms with E-state index in [1.165, 1.54) is 5.69 Å². The van der Waals surface area contributed by atoms with Gasteiger partial charge in [-0.1, -0.05) is 0 Å². The van der Waals surface area contributed by atoms with Crippen LogP contribution >= 0.6 is 0 Å².